The van der Waals surface area contributed by atoms with Gasteiger partial charge in [0, 0.05) is 12.3 Å². The van der Waals surface area contributed by atoms with Crippen LogP contribution in [0.3, 0.4) is 0 Å². The number of rotatable bonds is 3. The average molecular weight is 262 g/mol. The lowest BCUT2D eigenvalue weighted by atomic mass is 10.1. The molecular weight excluding hydrogens is 245 g/mol. The fraction of sp³-hybridized carbons (Fsp3) is 0.750. The summed E-state index contributed by atoms with van der Waals surface area (Å²) < 4.78 is 43.7. The molecular formula is C12H17F3N2O. The van der Waals surface area contributed by atoms with Crippen molar-refractivity contribution in [2.45, 2.75) is 38.8 Å². The Kier molecular flexibility index (Phi) is 3.66. The molecule has 18 heavy (non-hydrogen) atoms. The van der Waals surface area contributed by atoms with Gasteiger partial charge in [0.25, 0.3) is 0 Å². The molecule has 1 N–H and O–H groups in total. The second-order valence-corrected chi connectivity index (χ2v) is 5.04. The second kappa shape index (κ2) is 4.91. The van der Waals surface area contributed by atoms with E-state index in [0.29, 0.717) is 12.3 Å². The van der Waals surface area contributed by atoms with Gasteiger partial charge in [-0.3, -0.25) is 0 Å². The third kappa shape index (κ3) is 2.85. The molecule has 1 aromatic rings. The Morgan fingerprint density at radius 3 is 2.61 bits per heavy atom. The van der Waals surface area contributed by atoms with Crippen LogP contribution in [0.2, 0.25) is 0 Å². The van der Waals surface area contributed by atoms with E-state index < -0.39 is 11.9 Å². The monoisotopic (exact) mass is 262 g/mol. The topological polar surface area (TPSA) is 38.1 Å². The summed E-state index contributed by atoms with van der Waals surface area (Å²) in [6.45, 7) is 5.09. The van der Waals surface area contributed by atoms with Crippen molar-refractivity contribution in [2.24, 2.45) is 5.92 Å². The van der Waals surface area contributed by atoms with Gasteiger partial charge in [-0.15, -0.1) is 0 Å². The van der Waals surface area contributed by atoms with Gasteiger partial charge in [-0.1, -0.05) is 13.8 Å². The van der Waals surface area contributed by atoms with Crippen molar-refractivity contribution in [3.63, 3.8) is 0 Å². The lowest BCUT2D eigenvalue weighted by molar-refractivity contribution is -0.142. The van der Waals surface area contributed by atoms with Gasteiger partial charge >= 0.3 is 6.18 Å². The van der Waals surface area contributed by atoms with Crippen molar-refractivity contribution >= 4 is 0 Å². The summed E-state index contributed by atoms with van der Waals surface area (Å²) in [6.07, 6.45) is -3.00. The van der Waals surface area contributed by atoms with E-state index >= 15 is 0 Å². The number of alkyl halides is 3. The van der Waals surface area contributed by atoms with Crippen molar-refractivity contribution in [3.05, 3.63) is 17.3 Å². The highest BCUT2D eigenvalue weighted by Crippen LogP contribution is 2.35. The van der Waals surface area contributed by atoms with Gasteiger partial charge in [0.15, 0.2) is 11.6 Å². The first kappa shape index (κ1) is 13.4. The number of halogens is 3. The maximum absolute atomic E-state index is 12.8. The van der Waals surface area contributed by atoms with Gasteiger partial charge in [0.1, 0.15) is 5.76 Å². The first-order chi connectivity index (χ1) is 8.38. The maximum Gasteiger partial charge on any atom is 0.436 e. The standard InChI is InChI=1S/C12H17F3N2O/c1-7(2)10-11(12(13,14)15)17-9(18-10)5-8-3-4-16-6-8/h7-8,16H,3-6H2,1-2H3. The van der Waals surface area contributed by atoms with Crippen LogP contribution in [0.1, 0.15) is 43.5 Å². The molecule has 3 nitrogen and oxygen atoms in total. The van der Waals surface area contributed by atoms with Gasteiger partial charge in [-0.05, 0) is 25.4 Å². The molecule has 0 saturated carbocycles. The van der Waals surface area contributed by atoms with E-state index in [1.54, 1.807) is 13.8 Å². The van der Waals surface area contributed by atoms with Crippen molar-refractivity contribution in [1.82, 2.24) is 10.3 Å². The number of nitrogens with one attached hydrogen (secondary N) is 1. The van der Waals surface area contributed by atoms with Crippen LogP contribution in [0.15, 0.2) is 4.42 Å². The number of nitrogens with zero attached hydrogens (tertiary/aromatic N) is 1. The number of oxazole rings is 1. The number of hydrogen-bond donors (Lipinski definition) is 1. The molecule has 1 unspecified atom stereocenters. The van der Waals surface area contributed by atoms with Crippen LogP contribution in [-0.2, 0) is 12.6 Å². The Balaban J connectivity index is 2.21. The minimum atomic E-state index is -4.44. The number of hydrogen-bond acceptors (Lipinski definition) is 3. The summed E-state index contributed by atoms with van der Waals surface area (Å²) in [5.74, 6) is 0.164. The van der Waals surface area contributed by atoms with Crippen LogP contribution in [0, 0.1) is 5.92 Å². The van der Waals surface area contributed by atoms with Gasteiger partial charge in [-0.2, -0.15) is 13.2 Å². The highest BCUT2D eigenvalue weighted by Gasteiger charge is 2.39. The second-order valence-electron chi connectivity index (χ2n) is 5.04. The largest absolute Gasteiger partial charge is 0.445 e. The predicted octanol–water partition coefficient (Wildman–Crippen LogP) is 2.97. The highest BCUT2D eigenvalue weighted by atomic mass is 19.4. The summed E-state index contributed by atoms with van der Waals surface area (Å²) >= 11 is 0. The van der Waals surface area contributed by atoms with E-state index in [4.69, 9.17) is 4.42 Å². The molecule has 2 rings (SSSR count). The molecule has 0 bridgehead atoms. The zero-order valence-electron chi connectivity index (χ0n) is 10.5. The van der Waals surface area contributed by atoms with Crippen molar-refractivity contribution in [3.8, 4) is 0 Å². The molecule has 1 aromatic heterocycles. The Morgan fingerprint density at radius 2 is 2.17 bits per heavy atom. The van der Waals surface area contributed by atoms with E-state index in [2.05, 4.69) is 10.3 Å². The highest BCUT2D eigenvalue weighted by molar-refractivity contribution is 5.17. The first-order valence-electron chi connectivity index (χ1n) is 6.15. The van der Waals surface area contributed by atoms with Crippen molar-refractivity contribution < 1.29 is 17.6 Å². The molecule has 1 saturated heterocycles. The molecule has 0 amide bonds. The molecule has 0 aromatic carbocycles. The zero-order chi connectivity index (χ0) is 13.3. The Hall–Kier alpha value is -1.04. The summed E-state index contributed by atoms with van der Waals surface area (Å²) in [5, 5.41) is 3.18. The quantitative estimate of drug-likeness (QED) is 0.910. The molecule has 102 valence electrons. The van der Waals surface area contributed by atoms with Crippen molar-refractivity contribution in [2.75, 3.05) is 13.1 Å². The van der Waals surface area contributed by atoms with E-state index in [1.807, 2.05) is 0 Å². The van der Waals surface area contributed by atoms with E-state index in [1.165, 1.54) is 0 Å². The minimum absolute atomic E-state index is 0.0524. The van der Waals surface area contributed by atoms with Crippen LogP contribution in [-0.4, -0.2) is 18.1 Å². The summed E-state index contributed by atoms with van der Waals surface area (Å²) in [5.41, 5.74) is -0.863. The van der Waals surface area contributed by atoms with Gasteiger partial charge < -0.3 is 9.73 Å². The smallest absolute Gasteiger partial charge is 0.436 e. The van der Waals surface area contributed by atoms with Gasteiger partial charge in [0.2, 0.25) is 0 Å². The lowest BCUT2D eigenvalue weighted by Gasteiger charge is -2.06. The SMILES string of the molecule is CC(C)c1oc(CC2CCNC2)nc1C(F)(F)F. The van der Waals surface area contributed by atoms with Crippen LogP contribution in [0.5, 0.6) is 0 Å². The summed E-state index contributed by atoms with van der Waals surface area (Å²) in [4.78, 5) is 3.65. The zero-order valence-corrected chi connectivity index (χ0v) is 10.5. The Labute approximate surface area is 104 Å². The van der Waals surface area contributed by atoms with Crippen molar-refractivity contribution in [1.29, 1.82) is 0 Å². The third-order valence-corrected chi connectivity index (χ3v) is 3.12. The third-order valence-electron chi connectivity index (χ3n) is 3.12. The normalized spacial score (nSPS) is 20.9. The van der Waals surface area contributed by atoms with Gasteiger partial charge in [0.05, 0.1) is 0 Å². The van der Waals surface area contributed by atoms with E-state index in [-0.39, 0.29) is 17.6 Å². The molecule has 6 heteroatoms. The molecule has 0 radical (unpaired) electrons. The molecule has 0 aliphatic carbocycles. The average Bonchev–Trinajstić information content (AvgIpc) is 2.85. The van der Waals surface area contributed by atoms with Crippen LogP contribution >= 0.6 is 0 Å². The lowest BCUT2D eigenvalue weighted by Crippen LogP contribution is -2.11. The molecule has 1 aliphatic heterocycles. The maximum atomic E-state index is 12.8. The molecule has 1 fully saturated rings. The van der Waals surface area contributed by atoms with Crippen LogP contribution in [0.25, 0.3) is 0 Å². The molecule has 0 spiro atoms. The summed E-state index contributed by atoms with van der Waals surface area (Å²) in [6, 6.07) is 0. The van der Waals surface area contributed by atoms with Crippen LogP contribution < -0.4 is 5.32 Å². The van der Waals surface area contributed by atoms with Gasteiger partial charge in [-0.25, -0.2) is 4.98 Å². The summed E-state index contributed by atoms with van der Waals surface area (Å²) in [7, 11) is 0. The Bertz CT molecular complexity index is 406. The minimum Gasteiger partial charge on any atom is -0.445 e. The van der Waals surface area contributed by atoms with Crippen LogP contribution in [0.4, 0.5) is 13.2 Å². The Morgan fingerprint density at radius 1 is 1.44 bits per heavy atom. The van der Waals surface area contributed by atoms with E-state index in [0.717, 1.165) is 19.5 Å². The molecule has 1 atom stereocenters. The fourth-order valence-electron chi connectivity index (χ4n) is 2.20. The fourth-order valence-corrected chi connectivity index (χ4v) is 2.20. The van der Waals surface area contributed by atoms with E-state index in [9.17, 15) is 13.2 Å². The predicted molar refractivity (Wildman–Crippen MR) is 60.3 cm³/mol. The first-order valence-corrected chi connectivity index (χ1v) is 6.15. The molecule has 2 heterocycles. The number of aromatic nitrogens is 1. The molecule has 1 aliphatic rings.